The SMILES string of the molecule is COc1ccc(Cl)cc1NC(=O)c1cc(-c2cccc(C)c2O)n[nH]1. The Balaban J connectivity index is 1.86. The van der Waals surface area contributed by atoms with Gasteiger partial charge in [0.15, 0.2) is 0 Å². The number of H-pyrrole nitrogens is 1. The van der Waals surface area contributed by atoms with Crippen molar-refractivity contribution in [3.63, 3.8) is 0 Å². The molecule has 0 saturated carbocycles. The van der Waals surface area contributed by atoms with Crippen molar-refractivity contribution in [2.24, 2.45) is 0 Å². The summed E-state index contributed by atoms with van der Waals surface area (Å²) in [4.78, 5) is 12.4. The Hall–Kier alpha value is -2.99. The maximum absolute atomic E-state index is 12.4. The summed E-state index contributed by atoms with van der Waals surface area (Å²) in [6, 6.07) is 11.9. The summed E-state index contributed by atoms with van der Waals surface area (Å²) in [5.74, 6) is 0.234. The molecule has 25 heavy (non-hydrogen) atoms. The molecule has 2 aromatic carbocycles. The van der Waals surface area contributed by atoms with E-state index in [-0.39, 0.29) is 11.4 Å². The number of methoxy groups -OCH3 is 1. The van der Waals surface area contributed by atoms with Gasteiger partial charge >= 0.3 is 0 Å². The molecule has 1 heterocycles. The minimum atomic E-state index is -0.397. The number of amides is 1. The average Bonchev–Trinajstić information content (AvgIpc) is 3.07. The highest BCUT2D eigenvalue weighted by atomic mass is 35.5. The van der Waals surface area contributed by atoms with Gasteiger partial charge in [-0.05, 0) is 42.8 Å². The molecule has 0 radical (unpaired) electrons. The summed E-state index contributed by atoms with van der Waals surface area (Å²) in [6.07, 6.45) is 0. The average molecular weight is 358 g/mol. The first kappa shape index (κ1) is 16.9. The van der Waals surface area contributed by atoms with Crippen LogP contribution in [0.3, 0.4) is 0 Å². The zero-order valence-electron chi connectivity index (χ0n) is 13.6. The molecule has 1 aromatic heterocycles. The number of benzene rings is 2. The Bertz CT molecular complexity index is 937. The number of aromatic amines is 1. The Morgan fingerprint density at radius 1 is 1.28 bits per heavy atom. The Morgan fingerprint density at radius 2 is 2.08 bits per heavy atom. The number of aromatic hydroxyl groups is 1. The van der Waals surface area contributed by atoms with Crippen molar-refractivity contribution in [2.75, 3.05) is 12.4 Å². The fourth-order valence-corrected chi connectivity index (χ4v) is 2.58. The van der Waals surface area contributed by atoms with E-state index in [4.69, 9.17) is 16.3 Å². The number of nitrogens with one attached hydrogen (secondary N) is 2. The largest absolute Gasteiger partial charge is 0.507 e. The number of phenolic OH excluding ortho intramolecular Hbond substituents is 1. The number of carbonyl (C=O) groups excluding carboxylic acids is 1. The van der Waals surface area contributed by atoms with Crippen molar-refractivity contribution >= 4 is 23.2 Å². The van der Waals surface area contributed by atoms with E-state index in [2.05, 4.69) is 15.5 Å². The first-order chi connectivity index (χ1) is 12.0. The number of anilines is 1. The molecule has 0 unspecified atom stereocenters. The van der Waals surface area contributed by atoms with Gasteiger partial charge in [0.1, 0.15) is 17.2 Å². The molecule has 0 atom stereocenters. The van der Waals surface area contributed by atoms with E-state index < -0.39 is 5.91 Å². The normalized spacial score (nSPS) is 10.5. The quantitative estimate of drug-likeness (QED) is 0.658. The van der Waals surface area contributed by atoms with Crippen LogP contribution in [0, 0.1) is 6.92 Å². The van der Waals surface area contributed by atoms with Crippen LogP contribution in [0.2, 0.25) is 5.02 Å². The number of ether oxygens (including phenoxy) is 1. The van der Waals surface area contributed by atoms with Gasteiger partial charge in [-0.1, -0.05) is 23.7 Å². The molecule has 0 fully saturated rings. The molecule has 0 bridgehead atoms. The van der Waals surface area contributed by atoms with Crippen molar-refractivity contribution < 1.29 is 14.6 Å². The van der Waals surface area contributed by atoms with Gasteiger partial charge in [0.05, 0.1) is 18.5 Å². The van der Waals surface area contributed by atoms with Crippen LogP contribution in [-0.2, 0) is 0 Å². The minimum absolute atomic E-state index is 0.137. The molecule has 1 amide bonds. The number of aromatic nitrogens is 2. The summed E-state index contributed by atoms with van der Waals surface area (Å²) >= 11 is 5.96. The van der Waals surface area contributed by atoms with Crippen LogP contribution in [0.5, 0.6) is 11.5 Å². The molecule has 7 heteroatoms. The van der Waals surface area contributed by atoms with Crippen molar-refractivity contribution in [2.45, 2.75) is 6.92 Å². The summed E-state index contributed by atoms with van der Waals surface area (Å²) in [5.41, 5.74) is 2.46. The molecule has 0 aliphatic rings. The van der Waals surface area contributed by atoms with E-state index >= 15 is 0 Å². The number of phenols is 1. The minimum Gasteiger partial charge on any atom is -0.507 e. The fourth-order valence-electron chi connectivity index (χ4n) is 2.41. The highest BCUT2D eigenvalue weighted by Gasteiger charge is 2.16. The van der Waals surface area contributed by atoms with E-state index in [9.17, 15) is 9.90 Å². The van der Waals surface area contributed by atoms with Gasteiger partial charge in [-0.3, -0.25) is 9.89 Å². The lowest BCUT2D eigenvalue weighted by atomic mass is 10.1. The zero-order valence-corrected chi connectivity index (χ0v) is 14.4. The maximum atomic E-state index is 12.4. The van der Waals surface area contributed by atoms with Gasteiger partial charge in [0.25, 0.3) is 5.91 Å². The van der Waals surface area contributed by atoms with Gasteiger partial charge in [-0.15, -0.1) is 0 Å². The Morgan fingerprint density at radius 3 is 2.84 bits per heavy atom. The highest BCUT2D eigenvalue weighted by Crippen LogP contribution is 2.31. The highest BCUT2D eigenvalue weighted by molar-refractivity contribution is 6.31. The molecular formula is C18H16ClN3O3. The molecule has 3 N–H and O–H groups in total. The first-order valence-corrected chi connectivity index (χ1v) is 7.86. The number of hydrogen-bond acceptors (Lipinski definition) is 4. The molecule has 0 saturated heterocycles. The smallest absolute Gasteiger partial charge is 0.273 e. The van der Waals surface area contributed by atoms with E-state index in [1.54, 1.807) is 43.3 Å². The number of halogens is 1. The van der Waals surface area contributed by atoms with Gasteiger partial charge in [-0.2, -0.15) is 5.10 Å². The van der Waals surface area contributed by atoms with Crippen LogP contribution in [-0.4, -0.2) is 28.3 Å². The van der Waals surface area contributed by atoms with Crippen LogP contribution in [0.25, 0.3) is 11.3 Å². The molecular weight excluding hydrogens is 342 g/mol. The van der Waals surface area contributed by atoms with Crippen molar-refractivity contribution in [1.29, 1.82) is 0 Å². The number of rotatable bonds is 4. The monoisotopic (exact) mass is 357 g/mol. The summed E-state index contributed by atoms with van der Waals surface area (Å²) < 4.78 is 5.21. The summed E-state index contributed by atoms with van der Waals surface area (Å²) in [5, 5.41) is 20.1. The Kier molecular flexibility index (Phi) is 4.63. The third-order valence-electron chi connectivity index (χ3n) is 3.75. The van der Waals surface area contributed by atoms with Crippen molar-refractivity contribution in [1.82, 2.24) is 10.2 Å². The Labute approximate surface area is 149 Å². The molecule has 0 aliphatic carbocycles. The molecule has 0 aliphatic heterocycles. The molecule has 128 valence electrons. The number of nitrogens with zero attached hydrogens (tertiary/aromatic N) is 1. The molecule has 0 spiro atoms. The predicted molar refractivity (Wildman–Crippen MR) is 96.4 cm³/mol. The van der Waals surface area contributed by atoms with Crippen LogP contribution >= 0.6 is 11.6 Å². The van der Waals surface area contributed by atoms with E-state index in [0.717, 1.165) is 5.56 Å². The zero-order chi connectivity index (χ0) is 18.0. The molecule has 3 aromatic rings. The maximum Gasteiger partial charge on any atom is 0.273 e. The van der Waals surface area contributed by atoms with Gasteiger partial charge in [-0.25, -0.2) is 0 Å². The number of hydrogen-bond donors (Lipinski definition) is 3. The van der Waals surface area contributed by atoms with E-state index in [1.165, 1.54) is 7.11 Å². The van der Waals surface area contributed by atoms with Crippen molar-refractivity contribution in [3.05, 3.63) is 58.7 Å². The first-order valence-electron chi connectivity index (χ1n) is 7.49. The predicted octanol–water partition coefficient (Wildman–Crippen LogP) is 4.01. The standard InChI is InChI=1S/C18H16ClN3O3/c1-10-4-3-5-12(17(10)23)13-9-15(22-21-13)18(24)20-14-8-11(19)6-7-16(14)25-2/h3-9,23H,1-2H3,(H,20,24)(H,21,22). The van der Waals surface area contributed by atoms with Gasteiger partial charge in [0.2, 0.25) is 0 Å². The summed E-state index contributed by atoms with van der Waals surface area (Å²) in [7, 11) is 1.51. The van der Waals surface area contributed by atoms with Crippen LogP contribution in [0.1, 0.15) is 16.1 Å². The number of para-hydroxylation sites is 1. The lowest BCUT2D eigenvalue weighted by Crippen LogP contribution is -2.13. The third kappa shape index (κ3) is 3.44. The number of aryl methyl sites for hydroxylation is 1. The molecule has 6 nitrogen and oxygen atoms in total. The second-order valence-corrected chi connectivity index (χ2v) is 5.87. The second kappa shape index (κ2) is 6.86. The lowest BCUT2D eigenvalue weighted by Gasteiger charge is -2.09. The van der Waals surface area contributed by atoms with Crippen molar-refractivity contribution in [3.8, 4) is 22.8 Å². The van der Waals surface area contributed by atoms with Gasteiger partial charge in [0, 0.05) is 10.6 Å². The summed E-state index contributed by atoms with van der Waals surface area (Å²) in [6.45, 7) is 1.80. The van der Waals surface area contributed by atoms with Gasteiger partial charge < -0.3 is 15.2 Å². The fraction of sp³-hybridized carbons (Fsp3) is 0.111. The van der Waals surface area contributed by atoms with Crippen LogP contribution < -0.4 is 10.1 Å². The second-order valence-electron chi connectivity index (χ2n) is 5.44. The topological polar surface area (TPSA) is 87.2 Å². The van der Waals surface area contributed by atoms with Crippen LogP contribution in [0.4, 0.5) is 5.69 Å². The van der Waals surface area contributed by atoms with Crippen LogP contribution in [0.15, 0.2) is 42.5 Å². The van der Waals surface area contributed by atoms with E-state index in [1.807, 2.05) is 6.07 Å². The lowest BCUT2D eigenvalue weighted by molar-refractivity contribution is 0.102. The number of carbonyl (C=O) groups is 1. The molecule has 3 rings (SSSR count). The third-order valence-corrected chi connectivity index (χ3v) is 3.98. The van der Waals surface area contributed by atoms with E-state index in [0.29, 0.717) is 27.7 Å².